The quantitative estimate of drug-likeness (QED) is 0.839. The standard InChI is InChI=1S/C13H12OSe/c14-12-8-6-11(7-9-12)10-15-13-4-2-1-3-5-13/h1-9,14H,10H2. The SMILES string of the molecule is Oc1ccc(C[Se]c2ccccc2)cc1. The van der Waals surface area contributed by atoms with Crippen LogP contribution in [0.4, 0.5) is 0 Å². The van der Waals surface area contributed by atoms with E-state index in [0.717, 1.165) is 5.32 Å². The van der Waals surface area contributed by atoms with Crippen molar-refractivity contribution in [2.24, 2.45) is 0 Å². The van der Waals surface area contributed by atoms with Crippen LogP contribution in [-0.4, -0.2) is 20.1 Å². The van der Waals surface area contributed by atoms with Crippen molar-refractivity contribution in [3.05, 3.63) is 60.2 Å². The molecular formula is C13H12OSe. The molecular weight excluding hydrogens is 251 g/mol. The average molecular weight is 263 g/mol. The Morgan fingerprint density at radius 1 is 0.867 bits per heavy atom. The van der Waals surface area contributed by atoms with E-state index in [1.165, 1.54) is 10.0 Å². The Morgan fingerprint density at radius 3 is 2.20 bits per heavy atom. The van der Waals surface area contributed by atoms with Crippen molar-refractivity contribution in [2.45, 2.75) is 5.32 Å². The van der Waals surface area contributed by atoms with Crippen LogP contribution in [0.2, 0.25) is 0 Å². The molecule has 1 nitrogen and oxygen atoms in total. The monoisotopic (exact) mass is 264 g/mol. The number of rotatable bonds is 3. The summed E-state index contributed by atoms with van der Waals surface area (Å²) in [6, 6.07) is 18.0. The summed E-state index contributed by atoms with van der Waals surface area (Å²) < 4.78 is 1.41. The van der Waals surface area contributed by atoms with Crippen molar-refractivity contribution in [1.29, 1.82) is 0 Å². The van der Waals surface area contributed by atoms with Gasteiger partial charge in [0.1, 0.15) is 0 Å². The Labute approximate surface area is 95.9 Å². The van der Waals surface area contributed by atoms with Gasteiger partial charge in [0.25, 0.3) is 0 Å². The number of phenolic OH excluding ortho intramolecular Hbond substituents is 1. The molecule has 0 atom stereocenters. The fourth-order valence-corrected chi connectivity index (χ4v) is 3.11. The first kappa shape index (κ1) is 10.3. The van der Waals surface area contributed by atoms with E-state index >= 15 is 0 Å². The van der Waals surface area contributed by atoms with Crippen LogP contribution in [0.3, 0.4) is 0 Å². The van der Waals surface area contributed by atoms with Crippen LogP contribution in [-0.2, 0) is 5.32 Å². The molecule has 2 aromatic carbocycles. The van der Waals surface area contributed by atoms with Crippen molar-refractivity contribution in [1.82, 2.24) is 0 Å². The molecule has 15 heavy (non-hydrogen) atoms. The van der Waals surface area contributed by atoms with Crippen molar-refractivity contribution in [3.63, 3.8) is 0 Å². The maximum absolute atomic E-state index is 9.15. The average Bonchev–Trinajstić information content (AvgIpc) is 2.30. The third-order valence-corrected chi connectivity index (χ3v) is 4.36. The van der Waals surface area contributed by atoms with Crippen molar-refractivity contribution in [3.8, 4) is 5.75 Å². The van der Waals surface area contributed by atoms with Crippen LogP contribution < -0.4 is 4.46 Å². The van der Waals surface area contributed by atoms with Crippen molar-refractivity contribution >= 4 is 19.4 Å². The molecule has 0 amide bonds. The molecule has 2 rings (SSSR count). The molecule has 0 saturated carbocycles. The van der Waals surface area contributed by atoms with Gasteiger partial charge in [-0.05, 0) is 0 Å². The van der Waals surface area contributed by atoms with Gasteiger partial charge in [-0.15, -0.1) is 0 Å². The number of hydrogen-bond donors (Lipinski definition) is 1. The summed E-state index contributed by atoms with van der Waals surface area (Å²) in [6.45, 7) is 0. The van der Waals surface area contributed by atoms with Crippen LogP contribution in [0.15, 0.2) is 54.6 Å². The van der Waals surface area contributed by atoms with Gasteiger partial charge in [-0.25, -0.2) is 0 Å². The Kier molecular flexibility index (Phi) is 3.44. The topological polar surface area (TPSA) is 20.2 Å². The zero-order valence-electron chi connectivity index (χ0n) is 8.26. The molecule has 0 spiro atoms. The van der Waals surface area contributed by atoms with E-state index in [0.29, 0.717) is 20.7 Å². The van der Waals surface area contributed by atoms with E-state index < -0.39 is 0 Å². The Balaban J connectivity index is 1.96. The molecule has 2 heteroatoms. The van der Waals surface area contributed by atoms with E-state index in [4.69, 9.17) is 5.11 Å². The van der Waals surface area contributed by atoms with E-state index in [1.807, 2.05) is 18.2 Å². The van der Waals surface area contributed by atoms with Gasteiger partial charge in [-0.1, -0.05) is 0 Å². The third-order valence-electron chi connectivity index (χ3n) is 2.09. The first-order valence-electron chi connectivity index (χ1n) is 4.80. The molecule has 0 aliphatic heterocycles. The van der Waals surface area contributed by atoms with E-state index in [-0.39, 0.29) is 0 Å². The molecule has 0 bridgehead atoms. The van der Waals surface area contributed by atoms with E-state index in [9.17, 15) is 0 Å². The summed E-state index contributed by atoms with van der Waals surface area (Å²) in [5.41, 5.74) is 1.29. The second-order valence-corrected chi connectivity index (χ2v) is 5.47. The first-order chi connectivity index (χ1) is 7.34. The van der Waals surface area contributed by atoms with Gasteiger partial charge in [0.05, 0.1) is 0 Å². The predicted molar refractivity (Wildman–Crippen MR) is 63.6 cm³/mol. The molecule has 0 unspecified atom stereocenters. The normalized spacial score (nSPS) is 10.1. The molecule has 0 heterocycles. The molecule has 76 valence electrons. The number of hydrogen-bond acceptors (Lipinski definition) is 1. The minimum atomic E-state index is 0.339. The zero-order valence-corrected chi connectivity index (χ0v) is 9.97. The summed E-state index contributed by atoms with van der Waals surface area (Å²) >= 11 is 0.484. The molecule has 0 radical (unpaired) electrons. The predicted octanol–water partition coefficient (Wildman–Crippen LogP) is 1.92. The molecule has 0 aliphatic carbocycles. The molecule has 1 N–H and O–H groups in total. The maximum atomic E-state index is 9.15. The molecule has 0 saturated heterocycles. The van der Waals surface area contributed by atoms with E-state index in [1.54, 1.807) is 12.1 Å². The van der Waals surface area contributed by atoms with Crippen LogP contribution in [0, 0.1) is 0 Å². The number of phenols is 1. The summed E-state index contributed by atoms with van der Waals surface area (Å²) in [6.07, 6.45) is 0. The van der Waals surface area contributed by atoms with Gasteiger partial charge in [0.15, 0.2) is 0 Å². The Hall–Kier alpha value is -1.24. The van der Waals surface area contributed by atoms with Gasteiger partial charge in [0.2, 0.25) is 0 Å². The van der Waals surface area contributed by atoms with E-state index in [2.05, 4.69) is 24.3 Å². The van der Waals surface area contributed by atoms with Gasteiger partial charge in [-0.3, -0.25) is 0 Å². The third kappa shape index (κ3) is 3.12. The summed E-state index contributed by atoms with van der Waals surface area (Å²) in [7, 11) is 0. The fraction of sp³-hybridized carbons (Fsp3) is 0.0769. The van der Waals surface area contributed by atoms with Gasteiger partial charge >= 0.3 is 95.8 Å². The number of benzene rings is 2. The van der Waals surface area contributed by atoms with Crippen LogP contribution >= 0.6 is 0 Å². The molecule has 2 aromatic rings. The summed E-state index contributed by atoms with van der Waals surface area (Å²) in [5.74, 6) is 0.339. The van der Waals surface area contributed by atoms with Crippen molar-refractivity contribution in [2.75, 3.05) is 0 Å². The van der Waals surface area contributed by atoms with Gasteiger partial charge < -0.3 is 0 Å². The van der Waals surface area contributed by atoms with Gasteiger partial charge in [-0.2, -0.15) is 0 Å². The summed E-state index contributed by atoms with van der Waals surface area (Å²) in [4.78, 5) is 0. The Morgan fingerprint density at radius 2 is 1.53 bits per heavy atom. The minimum absolute atomic E-state index is 0.339. The fourth-order valence-electron chi connectivity index (χ4n) is 1.28. The van der Waals surface area contributed by atoms with Crippen molar-refractivity contribution < 1.29 is 5.11 Å². The number of aromatic hydroxyl groups is 1. The molecule has 0 aromatic heterocycles. The second kappa shape index (κ2) is 5.01. The summed E-state index contributed by atoms with van der Waals surface area (Å²) in [5, 5.41) is 10.2. The zero-order chi connectivity index (χ0) is 10.5. The van der Waals surface area contributed by atoms with Crippen LogP contribution in [0.25, 0.3) is 0 Å². The second-order valence-electron chi connectivity index (χ2n) is 3.27. The first-order valence-corrected chi connectivity index (χ1v) is 6.87. The molecule has 0 fully saturated rings. The Bertz CT molecular complexity index is 408. The van der Waals surface area contributed by atoms with Crippen LogP contribution in [0.5, 0.6) is 5.75 Å². The van der Waals surface area contributed by atoms with Crippen LogP contribution in [0.1, 0.15) is 5.56 Å². The van der Waals surface area contributed by atoms with Gasteiger partial charge in [0, 0.05) is 0 Å². The molecule has 0 aliphatic rings.